The second kappa shape index (κ2) is 6.06. The number of hydrogen-bond acceptors (Lipinski definition) is 4. The average Bonchev–Trinajstić information content (AvgIpc) is 2.78. The topological polar surface area (TPSA) is 42.2 Å². The maximum absolute atomic E-state index is 6.07. The molecular weight excluding hydrogens is 254 g/mol. The highest BCUT2D eigenvalue weighted by molar-refractivity contribution is 7.11. The maximum atomic E-state index is 6.07. The van der Waals surface area contributed by atoms with Gasteiger partial charge < -0.3 is 10.6 Å². The lowest BCUT2D eigenvalue weighted by Gasteiger charge is -2.24. The molecule has 19 heavy (non-hydrogen) atoms. The second-order valence-corrected chi connectivity index (χ2v) is 5.80. The van der Waals surface area contributed by atoms with Gasteiger partial charge in [-0.15, -0.1) is 0 Å². The first-order valence-corrected chi connectivity index (χ1v) is 7.46. The monoisotopic (exact) mass is 275 g/mol. The summed E-state index contributed by atoms with van der Waals surface area (Å²) < 4.78 is 4.35. The summed E-state index contributed by atoms with van der Waals surface area (Å²) in [4.78, 5) is 2.36. The van der Waals surface area contributed by atoms with Gasteiger partial charge in [-0.05, 0) is 29.9 Å². The van der Waals surface area contributed by atoms with E-state index in [0.717, 1.165) is 24.2 Å². The van der Waals surface area contributed by atoms with Crippen molar-refractivity contribution >= 4 is 22.4 Å². The summed E-state index contributed by atoms with van der Waals surface area (Å²) in [6, 6.07) is 10.3. The van der Waals surface area contributed by atoms with Crippen LogP contribution in [0.3, 0.4) is 0 Å². The third-order valence-electron chi connectivity index (χ3n) is 3.02. The van der Waals surface area contributed by atoms with E-state index in [1.54, 1.807) is 0 Å². The van der Waals surface area contributed by atoms with Crippen LogP contribution in [-0.4, -0.2) is 17.5 Å². The van der Waals surface area contributed by atoms with E-state index >= 15 is 0 Å². The van der Waals surface area contributed by atoms with Crippen LogP contribution in [0.5, 0.6) is 0 Å². The zero-order valence-electron chi connectivity index (χ0n) is 11.8. The number of hydrogen-bond donors (Lipinski definition) is 1. The van der Waals surface area contributed by atoms with E-state index in [2.05, 4.69) is 42.2 Å². The lowest BCUT2D eigenvalue weighted by molar-refractivity contribution is 0.621. The minimum absolute atomic E-state index is 0.617. The van der Waals surface area contributed by atoms with Crippen LogP contribution in [0, 0.1) is 5.92 Å². The lowest BCUT2D eigenvalue weighted by Crippen LogP contribution is -2.26. The van der Waals surface area contributed by atoms with E-state index in [1.807, 2.05) is 18.2 Å². The van der Waals surface area contributed by atoms with Gasteiger partial charge >= 0.3 is 0 Å². The van der Waals surface area contributed by atoms with Crippen molar-refractivity contribution in [3.63, 3.8) is 0 Å². The van der Waals surface area contributed by atoms with Crippen molar-refractivity contribution in [1.82, 2.24) is 4.37 Å². The molecule has 0 radical (unpaired) electrons. The molecule has 0 amide bonds. The van der Waals surface area contributed by atoms with Gasteiger partial charge in [0.15, 0.2) is 0 Å². The fourth-order valence-corrected chi connectivity index (χ4v) is 3.09. The zero-order valence-corrected chi connectivity index (χ0v) is 12.6. The smallest absolute Gasteiger partial charge is 0.147 e. The summed E-state index contributed by atoms with van der Waals surface area (Å²) >= 11 is 1.50. The number of nitrogens with two attached hydrogens (primary N) is 1. The summed E-state index contributed by atoms with van der Waals surface area (Å²) in [5.41, 5.74) is 8.29. The van der Waals surface area contributed by atoms with Crippen molar-refractivity contribution in [2.24, 2.45) is 5.92 Å². The molecule has 0 saturated carbocycles. The van der Waals surface area contributed by atoms with Crippen LogP contribution in [0.1, 0.15) is 20.8 Å². The molecule has 0 aliphatic carbocycles. The number of anilines is 2. The number of aromatic nitrogens is 1. The van der Waals surface area contributed by atoms with Crippen LogP contribution in [0.15, 0.2) is 30.3 Å². The lowest BCUT2D eigenvalue weighted by atomic mass is 10.1. The van der Waals surface area contributed by atoms with Gasteiger partial charge in [0.05, 0.1) is 5.56 Å². The van der Waals surface area contributed by atoms with Crippen LogP contribution in [0.2, 0.25) is 0 Å². The van der Waals surface area contributed by atoms with Gasteiger partial charge in [-0.3, -0.25) is 0 Å². The first kappa shape index (κ1) is 13.9. The minimum Gasteiger partial charge on any atom is -0.382 e. The normalized spacial score (nSPS) is 10.9. The molecule has 1 aromatic heterocycles. The van der Waals surface area contributed by atoms with E-state index in [9.17, 15) is 0 Å². The summed E-state index contributed by atoms with van der Waals surface area (Å²) in [7, 11) is 0. The third-order valence-corrected chi connectivity index (χ3v) is 3.94. The van der Waals surface area contributed by atoms with E-state index in [1.165, 1.54) is 16.5 Å². The van der Waals surface area contributed by atoms with Crippen LogP contribution >= 0.6 is 11.5 Å². The molecular formula is C15H21N3S. The highest BCUT2D eigenvalue weighted by Crippen LogP contribution is 2.39. The Labute approximate surface area is 119 Å². The molecule has 0 saturated heterocycles. The van der Waals surface area contributed by atoms with Crippen molar-refractivity contribution in [3.8, 4) is 11.1 Å². The van der Waals surface area contributed by atoms with E-state index in [-0.39, 0.29) is 0 Å². The van der Waals surface area contributed by atoms with Crippen LogP contribution in [-0.2, 0) is 0 Å². The standard InChI is InChI=1S/C15H21N3S/c1-4-18(10-11(2)3)15-13(14(16)17-19-15)12-8-6-5-7-9-12/h5-9,11H,4,10H2,1-3H3,(H2,16,17). The van der Waals surface area contributed by atoms with Crippen LogP contribution < -0.4 is 10.6 Å². The highest BCUT2D eigenvalue weighted by Gasteiger charge is 2.18. The van der Waals surface area contributed by atoms with Crippen molar-refractivity contribution in [1.29, 1.82) is 0 Å². The fraction of sp³-hybridized carbons (Fsp3) is 0.400. The van der Waals surface area contributed by atoms with E-state index in [0.29, 0.717) is 11.7 Å². The van der Waals surface area contributed by atoms with Gasteiger partial charge in [-0.2, -0.15) is 4.37 Å². The molecule has 0 bridgehead atoms. The van der Waals surface area contributed by atoms with Crippen LogP contribution in [0.4, 0.5) is 10.8 Å². The third kappa shape index (κ3) is 3.07. The molecule has 0 aliphatic rings. The van der Waals surface area contributed by atoms with Crippen LogP contribution in [0.25, 0.3) is 11.1 Å². The quantitative estimate of drug-likeness (QED) is 0.900. The molecule has 2 N–H and O–H groups in total. The molecule has 0 atom stereocenters. The molecule has 1 heterocycles. The molecule has 0 spiro atoms. The molecule has 0 unspecified atom stereocenters. The maximum Gasteiger partial charge on any atom is 0.147 e. The Balaban J connectivity index is 2.42. The fourth-order valence-electron chi connectivity index (χ4n) is 2.18. The van der Waals surface area contributed by atoms with Crippen molar-refractivity contribution in [2.75, 3.05) is 23.7 Å². The molecule has 4 heteroatoms. The predicted molar refractivity (Wildman–Crippen MR) is 84.7 cm³/mol. The Kier molecular flexibility index (Phi) is 4.43. The molecule has 0 aliphatic heterocycles. The molecule has 0 fully saturated rings. The first-order chi connectivity index (χ1) is 9.13. The average molecular weight is 275 g/mol. The molecule has 2 aromatic rings. The van der Waals surface area contributed by atoms with Gasteiger partial charge in [-0.1, -0.05) is 44.2 Å². The minimum atomic E-state index is 0.617. The van der Waals surface area contributed by atoms with Gasteiger partial charge in [0.1, 0.15) is 10.8 Å². The number of nitrogen functional groups attached to an aromatic ring is 1. The number of rotatable bonds is 5. The van der Waals surface area contributed by atoms with Gasteiger partial charge in [0, 0.05) is 13.1 Å². The van der Waals surface area contributed by atoms with Crippen molar-refractivity contribution in [2.45, 2.75) is 20.8 Å². The van der Waals surface area contributed by atoms with Gasteiger partial charge in [0.25, 0.3) is 0 Å². The highest BCUT2D eigenvalue weighted by atomic mass is 32.1. The molecule has 3 nitrogen and oxygen atoms in total. The van der Waals surface area contributed by atoms with E-state index < -0.39 is 0 Å². The summed E-state index contributed by atoms with van der Waals surface area (Å²) in [5.74, 6) is 1.25. The largest absolute Gasteiger partial charge is 0.382 e. The SMILES string of the molecule is CCN(CC(C)C)c1snc(N)c1-c1ccccc1. The number of benzene rings is 1. The zero-order chi connectivity index (χ0) is 13.8. The molecule has 1 aromatic carbocycles. The van der Waals surface area contributed by atoms with E-state index in [4.69, 9.17) is 5.73 Å². The summed E-state index contributed by atoms with van der Waals surface area (Å²) in [5, 5.41) is 1.18. The Hall–Kier alpha value is -1.55. The van der Waals surface area contributed by atoms with Gasteiger partial charge in [-0.25, -0.2) is 0 Å². The van der Waals surface area contributed by atoms with Gasteiger partial charge in [0.2, 0.25) is 0 Å². The Bertz CT molecular complexity index is 519. The first-order valence-electron chi connectivity index (χ1n) is 6.69. The number of nitrogens with zero attached hydrogens (tertiary/aromatic N) is 2. The van der Waals surface area contributed by atoms with Crippen molar-refractivity contribution < 1.29 is 0 Å². The molecule has 102 valence electrons. The summed E-state index contributed by atoms with van der Waals surface area (Å²) in [6.07, 6.45) is 0. The Morgan fingerprint density at radius 3 is 2.53 bits per heavy atom. The predicted octanol–water partition coefficient (Wildman–Crippen LogP) is 3.87. The Morgan fingerprint density at radius 1 is 1.26 bits per heavy atom. The summed E-state index contributed by atoms with van der Waals surface area (Å²) in [6.45, 7) is 8.63. The Morgan fingerprint density at radius 2 is 1.95 bits per heavy atom. The molecule has 2 rings (SSSR count). The second-order valence-electron chi connectivity index (χ2n) is 5.05. The van der Waals surface area contributed by atoms with Crippen molar-refractivity contribution in [3.05, 3.63) is 30.3 Å².